The van der Waals surface area contributed by atoms with Crippen LogP contribution in [0.2, 0.25) is 0 Å². The van der Waals surface area contributed by atoms with Crippen molar-refractivity contribution < 1.29 is 28.7 Å². The summed E-state index contributed by atoms with van der Waals surface area (Å²) in [6.07, 6.45) is 6.30. The number of nitrogens with zero attached hydrogens (tertiary/aromatic N) is 2. The number of rotatable bonds is 15. The van der Waals surface area contributed by atoms with Crippen LogP contribution in [0.1, 0.15) is 65.2 Å². The quantitative estimate of drug-likeness (QED) is 0.309. The average molecular weight is 401 g/mol. The molecule has 0 radical (unpaired) electrons. The smallest absolute Gasteiger partial charge is 0.325 e. The Bertz CT molecular complexity index is 451. The monoisotopic (exact) mass is 400 g/mol. The summed E-state index contributed by atoms with van der Waals surface area (Å²) in [5.74, 6) is -0.881. The molecule has 0 aliphatic rings. The SMILES string of the molecule is CCOC(=O)CN(C)C(=O)CCCCCCCCC(=O)N(C)CC(=O)OCC. The molecule has 0 aromatic carbocycles. The first-order valence-corrected chi connectivity index (χ1v) is 10.1. The molecule has 8 heteroatoms. The molecule has 162 valence electrons. The fourth-order valence-electron chi connectivity index (χ4n) is 2.62. The van der Waals surface area contributed by atoms with E-state index in [1.807, 2.05) is 0 Å². The van der Waals surface area contributed by atoms with Crippen LogP contribution in [0.15, 0.2) is 0 Å². The molecule has 8 nitrogen and oxygen atoms in total. The first kappa shape index (κ1) is 25.9. The predicted molar refractivity (Wildman–Crippen MR) is 105 cm³/mol. The first-order valence-electron chi connectivity index (χ1n) is 10.1. The van der Waals surface area contributed by atoms with Gasteiger partial charge in [-0.3, -0.25) is 19.2 Å². The molecule has 0 rings (SSSR count). The van der Waals surface area contributed by atoms with E-state index in [-0.39, 0.29) is 36.8 Å². The van der Waals surface area contributed by atoms with Gasteiger partial charge >= 0.3 is 11.9 Å². The van der Waals surface area contributed by atoms with Crippen molar-refractivity contribution in [3.63, 3.8) is 0 Å². The third-order valence-electron chi connectivity index (χ3n) is 4.23. The van der Waals surface area contributed by atoms with E-state index in [4.69, 9.17) is 9.47 Å². The molecule has 0 unspecified atom stereocenters. The lowest BCUT2D eigenvalue weighted by molar-refractivity contribution is -0.148. The Morgan fingerprint density at radius 1 is 0.607 bits per heavy atom. The zero-order valence-electron chi connectivity index (χ0n) is 17.8. The highest BCUT2D eigenvalue weighted by Crippen LogP contribution is 2.10. The Morgan fingerprint density at radius 2 is 0.929 bits per heavy atom. The molecular formula is C20H36N2O6. The van der Waals surface area contributed by atoms with Gasteiger partial charge in [0.2, 0.25) is 11.8 Å². The van der Waals surface area contributed by atoms with Crippen LogP contribution in [0.4, 0.5) is 0 Å². The molecule has 0 saturated carbocycles. The topological polar surface area (TPSA) is 93.2 Å². The molecule has 0 fully saturated rings. The Hall–Kier alpha value is -2.12. The van der Waals surface area contributed by atoms with Gasteiger partial charge in [-0.1, -0.05) is 25.7 Å². The molecule has 0 N–H and O–H groups in total. The summed E-state index contributed by atoms with van der Waals surface area (Å²) in [6, 6.07) is 0. The van der Waals surface area contributed by atoms with E-state index in [0.29, 0.717) is 26.1 Å². The second-order valence-corrected chi connectivity index (χ2v) is 6.73. The van der Waals surface area contributed by atoms with E-state index in [0.717, 1.165) is 38.5 Å². The van der Waals surface area contributed by atoms with Crippen LogP contribution in [0, 0.1) is 0 Å². The van der Waals surface area contributed by atoms with Crippen molar-refractivity contribution in [3.05, 3.63) is 0 Å². The minimum Gasteiger partial charge on any atom is -0.465 e. The molecule has 0 aromatic heterocycles. The molecule has 0 aromatic rings. The van der Waals surface area contributed by atoms with Gasteiger partial charge in [0, 0.05) is 26.9 Å². The molecule has 0 aliphatic heterocycles. The van der Waals surface area contributed by atoms with Crippen molar-refractivity contribution in [2.45, 2.75) is 65.2 Å². The van der Waals surface area contributed by atoms with Gasteiger partial charge in [0.15, 0.2) is 0 Å². The molecule has 28 heavy (non-hydrogen) atoms. The van der Waals surface area contributed by atoms with Crippen LogP contribution in [-0.2, 0) is 28.7 Å². The standard InChI is InChI=1S/C20H36N2O6/c1-5-27-19(25)15-21(3)17(23)13-11-9-7-8-10-12-14-18(24)22(4)16-20(26)28-6-2/h5-16H2,1-4H3. The predicted octanol–water partition coefficient (Wildman–Crippen LogP) is 2.15. The summed E-state index contributed by atoms with van der Waals surface area (Å²) in [7, 11) is 3.21. The van der Waals surface area contributed by atoms with E-state index < -0.39 is 0 Å². The lowest BCUT2D eigenvalue weighted by atomic mass is 10.1. The minimum absolute atomic E-state index is 0.00862. The van der Waals surface area contributed by atoms with Gasteiger partial charge in [0.1, 0.15) is 13.1 Å². The highest BCUT2D eigenvalue weighted by molar-refractivity contribution is 5.82. The summed E-state index contributed by atoms with van der Waals surface area (Å²) in [6.45, 7) is 4.08. The summed E-state index contributed by atoms with van der Waals surface area (Å²) in [5, 5.41) is 0. The number of ether oxygens (including phenoxy) is 2. The molecule has 0 heterocycles. The van der Waals surface area contributed by atoms with Crippen molar-refractivity contribution in [1.29, 1.82) is 0 Å². The lowest BCUT2D eigenvalue weighted by Crippen LogP contribution is -2.32. The van der Waals surface area contributed by atoms with Crippen LogP contribution in [0.3, 0.4) is 0 Å². The van der Waals surface area contributed by atoms with E-state index in [9.17, 15) is 19.2 Å². The lowest BCUT2D eigenvalue weighted by Gasteiger charge is -2.16. The molecule has 0 atom stereocenters. The fraction of sp³-hybridized carbons (Fsp3) is 0.800. The summed E-state index contributed by atoms with van der Waals surface area (Å²) < 4.78 is 9.64. The third kappa shape index (κ3) is 13.1. The van der Waals surface area contributed by atoms with E-state index >= 15 is 0 Å². The number of hydrogen-bond acceptors (Lipinski definition) is 6. The van der Waals surface area contributed by atoms with Crippen molar-refractivity contribution >= 4 is 23.8 Å². The Labute approximate surface area is 168 Å². The van der Waals surface area contributed by atoms with E-state index in [1.165, 1.54) is 9.80 Å². The third-order valence-corrected chi connectivity index (χ3v) is 4.23. The van der Waals surface area contributed by atoms with Gasteiger partial charge in [-0.25, -0.2) is 0 Å². The first-order chi connectivity index (χ1) is 13.3. The zero-order valence-corrected chi connectivity index (χ0v) is 17.8. The molecule has 0 bridgehead atoms. The molecule has 0 aliphatic carbocycles. The second kappa shape index (κ2) is 15.9. The summed E-state index contributed by atoms with van der Waals surface area (Å²) >= 11 is 0. The van der Waals surface area contributed by atoms with Crippen molar-refractivity contribution in [2.24, 2.45) is 0 Å². The maximum Gasteiger partial charge on any atom is 0.325 e. The van der Waals surface area contributed by atoms with Crippen molar-refractivity contribution in [3.8, 4) is 0 Å². The Balaban J connectivity index is 3.68. The number of amides is 2. The largest absolute Gasteiger partial charge is 0.465 e. The minimum atomic E-state index is -0.388. The number of carbonyl (C=O) groups excluding carboxylic acids is 4. The van der Waals surface area contributed by atoms with Crippen LogP contribution >= 0.6 is 0 Å². The molecule has 2 amide bonds. The summed E-state index contributed by atoms with van der Waals surface area (Å²) in [5.41, 5.74) is 0. The maximum atomic E-state index is 11.9. The Kier molecular flexibility index (Phi) is 14.7. The maximum absolute atomic E-state index is 11.9. The van der Waals surface area contributed by atoms with Crippen LogP contribution < -0.4 is 0 Å². The average Bonchev–Trinajstić information content (AvgIpc) is 2.63. The molecular weight excluding hydrogens is 364 g/mol. The number of hydrogen-bond donors (Lipinski definition) is 0. The van der Waals surface area contributed by atoms with Gasteiger partial charge in [0.05, 0.1) is 13.2 Å². The van der Waals surface area contributed by atoms with Crippen LogP contribution in [-0.4, -0.2) is 74.0 Å². The van der Waals surface area contributed by atoms with Gasteiger partial charge in [-0.05, 0) is 26.7 Å². The number of esters is 2. The van der Waals surface area contributed by atoms with E-state index in [2.05, 4.69) is 0 Å². The number of likely N-dealkylation sites (N-methyl/N-ethyl adjacent to an activating group) is 2. The Morgan fingerprint density at radius 3 is 1.25 bits per heavy atom. The number of carbonyl (C=O) groups is 4. The number of unbranched alkanes of at least 4 members (excludes halogenated alkanes) is 5. The van der Waals surface area contributed by atoms with Gasteiger partial charge < -0.3 is 19.3 Å². The summed E-state index contributed by atoms with van der Waals surface area (Å²) in [4.78, 5) is 49.3. The highest BCUT2D eigenvalue weighted by atomic mass is 16.5. The van der Waals surface area contributed by atoms with Crippen molar-refractivity contribution in [2.75, 3.05) is 40.4 Å². The van der Waals surface area contributed by atoms with E-state index in [1.54, 1.807) is 27.9 Å². The second-order valence-electron chi connectivity index (χ2n) is 6.73. The van der Waals surface area contributed by atoms with Gasteiger partial charge in [-0.2, -0.15) is 0 Å². The highest BCUT2D eigenvalue weighted by Gasteiger charge is 2.14. The molecule has 0 spiro atoms. The molecule has 0 saturated heterocycles. The van der Waals surface area contributed by atoms with Gasteiger partial charge in [0.25, 0.3) is 0 Å². The fourth-order valence-corrected chi connectivity index (χ4v) is 2.62. The van der Waals surface area contributed by atoms with Crippen LogP contribution in [0.25, 0.3) is 0 Å². The van der Waals surface area contributed by atoms with Crippen LogP contribution in [0.5, 0.6) is 0 Å². The zero-order chi connectivity index (χ0) is 21.4. The van der Waals surface area contributed by atoms with Crippen molar-refractivity contribution in [1.82, 2.24) is 9.80 Å². The normalized spacial score (nSPS) is 10.3. The van der Waals surface area contributed by atoms with Gasteiger partial charge in [-0.15, -0.1) is 0 Å².